The second-order valence-corrected chi connectivity index (χ2v) is 4.56. The average Bonchev–Trinajstić information content (AvgIpc) is 2.28. The van der Waals surface area contributed by atoms with E-state index in [1.54, 1.807) is 18.2 Å². The van der Waals surface area contributed by atoms with E-state index in [1.807, 2.05) is 0 Å². The highest BCUT2D eigenvalue weighted by Gasteiger charge is 2.26. The van der Waals surface area contributed by atoms with Gasteiger partial charge in [0.05, 0.1) is 19.6 Å². The van der Waals surface area contributed by atoms with Crippen LogP contribution >= 0.6 is 23.2 Å². The molecule has 1 heterocycles. The number of piperazine rings is 1. The molecule has 0 aromatic heterocycles. The van der Waals surface area contributed by atoms with E-state index in [2.05, 4.69) is 5.32 Å². The molecule has 1 fully saturated rings. The first-order valence-corrected chi connectivity index (χ1v) is 5.81. The zero-order valence-corrected chi connectivity index (χ0v) is 10.4. The topological polar surface area (TPSA) is 49.4 Å². The number of hydrogen-bond acceptors (Lipinski definition) is 3. The molecule has 2 rings (SSSR count). The van der Waals surface area contributed by atoms with E-state index < -0.39 is 0 Å². The molecule has 0 radical (unpaired) electrons. The van der Waals surface area contributed by atoms with E-state index in [0.29, 0.717) is 15.6 Å². The monoisotopic (exact) mass is 272 g/mol. The van der Waals surface area contributed by atoms with Gasteiger partial charge in [0.1, 0.15) is 0 Å². The number of imide groups is 1. The van der Waals surface area contributed by atoms with Gasteiger partial charge in [-0.1, -0.05) is 23.2 Å². The molecule has 17 heavy (non-hydrogen) atoms. The Kier molecular flexibility index (Phi) is 3.66. The van der Waals surface area contributed by atoms with E-state index in [1.165, 1.54) is 4.90 Å². The highest BCUT2D eigenvalue weighted by molar-refractivity contribution is 6.33. The molecule has 6 heteroatoms. The third-order valence-corrected chi connectivity index (χ3v) is 3.09. The first-order valence-electron chi connectivity index (χ1n) is 5.06. The lowest BCUT2D eigenvalue weighted by atomic mass is 10.2. The van der Waals surface area contributed by atoms with Crippen LogP contribution in [0.3, 0.4) is 0 Å². The molecule has 1 aliphatic rings. The van der Waals surface area contributed by atoms with Crippen molar-refractivity contribution in [3.63, 3.8) is 0 Å². The Balaban J connectivity index is 2.21. The largest absolute Gasteiger partial charge is 0.300 e. The maximum absolute atomic E-state index is 11.6. The van der Waals surface area contributed by atoms with Gasteiger partial charge in [0.15, 0.2) is 0 Å². The summed E-state index contributed by atoms with van der Waals surface area (Å²) in [4.78, 5) is 24.3. The molecule has 0 aliphatic carbocycles. The van der Waals surface area contributed by atoms with Crippen LogP contribution in [0.1, 0.15) is 5.56 Å². The molecule has 0 atom stereocenters. The predicted molar refractivity (Wildman–Crippen MR) is 64.9 cm³/mol. The van der Waals surface area contributed by atoms with Gasteiger partial charge in [-0.2, -0.15) is 0 Å². The number of carbonyl (C=O) groups excluding carboxylic acids is 2. The number of rotatable bonds is 2. The van der Waals surface area contributed by atoms with Crippen molar-refractivity contribution in [2.45, 2.75) is 6.54 Å². The summed E-state index contributed by atoms with van der Waals surface area (Å²) in [5.41, 5.74) is 0.669. The van der Waals surface area contributed by atoms with Gasteiger partial charge < -0.3 is 0 Å². The third kappa shape index (κ3) is 2.77. The van der Waals surface area contributed by atoms with E-state index in [4.69, 9.17) is 23.2 Å². The standard InChI is InChI=1S/C11H10Cl2N2O2/c12-8-1-2-9(13)7(3-8)6-15-10(16)4-14-5-11(15)17/h1-3,14H,4-6H2. The Morgan fingerprint density at radius 2 is 1.82 bits per heavy atom. The zero-order chi connectivity index (χ0) is 12.4. The molecule has 1 N–H and O–H groups in total. The number of carbonyl (C=O) groups is 2. The highest BCUT2D eigenvalue weighted by atomic mass is 35.5. The van der Waals surface area contributed by atoms with Gasteiger partial charge >= 0.3 is 0 Å². The van der Waals surface area contributed by atoms with Crippen LogP contribution in [0, 0.1) is 0 Å². The highest BCUT2D eigenvalue weighted by Crippen LogP contribution is 2.22. The summed E-state index contributed by atoms with van der Waals surface area (Å²) in [5.74, 6) is -0.505. The third-order valence-electron chi connectivity index (χ3n) is 2.49. The van der Waals surface area contributed by atoms with Crippen molar-refractivity contribution in [2.24, 2.45) is 0 Å². The van der Waals surface area contributed by atoms with E-state index in [-0.39, 0.29) is 31.4 Å². The van der Waals surface area contributed by atoms with Gasteiger partial charge in [-0.3, -0.25) is 19.8 Å². The number of nitrogens with zero attached hydrogens (tertiary/aromatic N) is 1. The summed E-state index contributed by atoms with van der Waals surface area (Å²) in [7, 11) is 0. The molecule has 0 bridgehead atoms. The number of nitrogens with one attached hydrogen (secondary N) is 1. The zero-order valence-electron chi connectivity index (χ0n) is 8.87. The Morgan fingerprint density at radius 1 is 1.18 bits per heavy atom. The maximum Gasteiger partial charge on any atom is 0.243 e. The lowest BCUT2D eigenvalue weighted by Gasteiger charge is -2.25. The molecule has 2 amide bonds. The van der Waals surface area contributed by atoms with Crippen molar-refractivity contribution in [3.05, 3.63) is 33.8 Å². The summed E-state index contributed by atoms with van der Waals surface area (Å²) < 4.78 is 0. The molecule has 0 unspecified atom stereocenters. The Labute approximate surface area is 108 Å². The minimum absolute atomic E-state index is 0.165. The first kappa shape index (κ1) is 12.4. The van der Waals surface area contributed by atoms with Crippen LogP contribution in [0.2, 0.25) is 10.0 Å². The van der Waals surface area contributed by atoms with Crippen LogP contribution in [-0.2, 0) is 16.1 Å². The van der Waals surface area contributed by atoms with Crippen LogP contribution in [0.25, 0.3) is 0 Å². The van der Waals surface area contributed by atoms with Gasteiger partial charge in [-0.05, 0) is 23.8 Å². The van der Waals surface area contributed by atoms with Crippen LogP contribution in [0.5, 0.6) is 0 Å². The maximum atomic E-state index is 11.6. The molecule has 1 aliphatic heterocycles. The van der Waals surface area contributed by atoms with E-state index in [0.717, 1.165) is 0 Å². The van der Waals surface area contributed by atoms with Crippen molar-refractivity contribution < 1.29 is 9.59 Å². The van der Waals surface area contributed by atoms with Crippen molar-refractivity contribution in [3.8, 4) is 0 Å². The number of halogens is 2. The smallest absolute Gasteiger partial charge is 0.243 e. The predicted octanol–water partition coefficient (Wildman–Crippen LogP) is 1.45. The van der Waals surface area contributed by atoms with Crippen LogP contribution < -0.4 is 5.32 Å². The molecular formula is C11H10Cl2N2O2. The second kappa shape index (κ2) is 5.04. The fourth-order valence-corrected chi connectivity index (χ4v) is 1.99. The van der Waals surface area contributed by atoms with Crippen LogP contribution in [0.15, 0.2) is 18.2 Å². The Morgan fingerprint density at radius 3 is 2.47 bits per heavy atom. The molecule has 0 spiro atoms. The lowest BCUT2D eigenvalue weighted by Crippen LogP contribution is -2.51. The molecule has 1 aromatic carbocycles. The number of hydrogen-bond donors (Lipinski definition) is 1. The number of amides is 2. The fraction of sp³-hybridized carbons (Fsp3) is 0.273. The quantitative estimate of drug-likeness (QED) is 0.830. The second-order valence-electron chi connectivity index (χ2n) is 3.71. The summed E-state index contributed by atoms with van der Waals surface area (Å²) in [6.07, 6.45) is 0. The van der Waals surface area contributed by atoms with Crippen molar-refractivity contribution >= 4 is 35.0 Å². The molecule has 90 valence electrons. The normalized spacial score (nSPS) is 16.5. The van der Waals surface area contributed by atoms with Crippen molar-refractivity contribution in [1.29, 1.82) is 0 Å². The average molecular weight is 273 g/mol. The lowest BCUT2D eigenvalue weighted by molar-refractivity contribution is -0.147. The molecule has 0 saturated carbocycles. The van der Waals surface area contributed by atoms with Gasteiger partial charge in [-0.25, -0.2) is 0 Å². The van der Waals surface area contributed by atoms with Gasteiger partial charge in [0.25, 0.3) is 0 Å². The van der Waals surface area contributed by atoms with Gasteiger partial charge in [0.2, 0.25) is 11.8 Å². The minimum Gasteiger partial charge on any atom is -0.300 e. The van der Waals surface area contributed by atoms with Gasteiger partial charge in [-0.15, -0.1) is 0 Å². The van der Waals surface area contributed by atoms with E-state index >= 15 is 0 Å². The first-order chi connectivity index (χ1) is 8.08. The summed E-state index contributed by atoms with van der Waals surface area (Å²) >= 11 is 11.8. The molecule has 1 aromatic rings. The summed E-state index contributed by atoms with van der Waals surface area (Å²) in [6.45, 7) is 0.507. The molecule has 4 nitrogen and oxygen atoms in total. The fourth-order valence-electron chi connectivity index (χ4n) is 1.62. The minimum atomic E-state index is -0.253. The Hall–Kier alpha value is -1.10. The summed E-state index contributed by atoms with van der Waals surface area (Å²) in [5, 5.41) is 3.75. The van der Waals surface area contributed by atoms with Crippen molar-refractivity contribution in [1.82, 2.24) is 10.2 Å². The molecule has 1 saturated heterocycles. The summed E-state index contributed by atoms with van der Waals surface area (Å²) in [6, 6.07) is 4.97. The molecular weight excluding hydrogens is 263 g/mol. The Bertz CT molecular complexity index is 461. The van der Waals surface area contributed by atoms with Gasteiger partial charge in [0, 0.05) is 10.0 Å². The van der Waals surface area contributed by atoms with E-state index in [9.17, 15) is 9.59 Å². The van der Waals surface area contributed by atoms with Crippen LogP contribution in [0.4, 0.5) is 0 Å². The SMILES string of the molecule is O=C1CNCC(=O)N1Cc1cc(Cl)ccc1Cl. The van der Waals surface area contributed by atoms with Crippen LogP contribution in [-0.4, -0.2) is 29.8 Å². The van der Waals surface area contributed by atoms with Crippen molar-refractivity contribution in [2.75, 3.05) is 13.1 Å². The number of benzene rings is 1.